The average molecular weight is 248 g/mol. The molecule has 0 atom stereocenters. The highest BCUT2D eigenvalue weighted by Gasteiger charge is 2.29. The van der Waals surface area contributed by atoms with E-state index in [9.17, 15) is 9.59 Å². The Balaban J connectivity index is 2.88. The van der Waals surface area contributed by atoms with Gasteiger partial charge in [0.25, 0.3) is 0 Å². The van der Waals surface area contributed by atoms with Crippen molar-refractivity contribution in [3.63, 3.8) is 0 Å². The van der Waals surface area contributed by atoms with Gasteiger partial charge in [-0.2, -0.15) is 0 Å². The third-order valence-electron chi connectivity index (χ3n) is 3.24. The highest BCUT2D eigenvalue weighted by molar-refractivity contribution is 6.00. The van der Waals surface area contributed by atoms with Gasteiger partial charge in [0, 0.05) is 11.3 Å². The number of anilines is 1. The van der Waals surface area contributed by atoms with E-state index < -0.39 is 5.54 Å². The molecule has 0 saturated carbocycles. The zero-order valence-corrected chi connectivity index (χ0v) is 11.1. The molecule has 0 aromatic heterocycles. The number of hydrogen-bond acceptors (Lipinski definition) is 3. The van der Waals surface area contributed by atoms with Crippen molar-refractivity contribution in [2.24, 2.45) is 5.73 Å². The second-order valence-corrected chi connectivity index (χ2v) is 4.45. The Morgan fingerprint density at radius 2 is 1.89 bits per heavy atom. The predicted octanol–water partition coefficient (Wildman–Crippen LogP) is 2.35. The topological polar surface area (TPSA) is 72.2 Å². The van der Waals surface area contributed by atoms with Crippen molar-refractivity contribution in [1.82, 2.24) is 0 Å². The van der Waals surface area contributed by atoms with Crippen LogP contribution in [0.25, 0.3) is 0 Å². The normalized spacial score (nSPS) is 11.1. The minimum atomic E-state index is -0.855. The van der Waals surface area contributed by atoms with Crippen molar-refractivity contribution in [1.29, 1.82) is 0 Å². The Labute approximate surface area is 108 Å². The van der Waals surface area contributed by atoms with E-state index in [1.54, 1.807) is 24.3 Å². The quantitative estimate of drug-likeness (QED) is 0.786. The Morgan fingerprint density at radius 3 is 2.39 bits per heavy atom. The van der Waals surface area contributed by atoms with Crippen molar-refractivity contribution in [2.75, 3.05) is 5.32 Å². The molecule has 1 rings (SSSR count). The van der Waals surface area contributed by atoms with Crippen molar-refractivity contribution in [2.45, 2.75) is 39.2 Å². The van der Waals surface area contributed by atoms with E-state index in [4.69, 9.17) is 5.73 Å². The minimum Gasteiger partial charge on any atom is -0.324 e. The highest BCUT2D eigenvalue weighted by atomic mass is 16.2. The first-order chi connectivity index (χ1) is 8.42. The fourth-order valence-corrected chi connectivity index (χ4v) is 1.64. The van der Waals surface area contributed by atoms with Gasteiger partial charge in [0.2, 0.25) is 5.91 Å². The number of carbonyl (C=O) groups excluding carboxylic acids is 2. The molecular weight excluding hydrogens is 228 g/mol. The number of nitrogens with two attached hydrogens (primary N) is 1. The summed E-state index contributed by atoms with van der Waals surface area (Å²) in [5.74, 6) is -0.246. The summed E-state index contributed by atoms with van der Waals surface area (Å²) >= 11 is 0. The molecule has 0 radical (unpaired) electrons. The summed E-state index contributed by atoms with van der Waals surface area (Å²) in [4.78, 5) is 23.3. The molecule has 0 fully saturated rings. The zero-order chi connectivity index (χ0) is 13.8. The van der Waals surface area contributed by atoms with E-state index in [0.29, 0.717) is 24.1 Å². The standard InChI is InChI=1S/C14H20N2O2/c1-4-14(15,5-2)13(18)16-12-8-6-7-11(9-12)10(3)17/h6-9H,4-5,15H2,1-3H3,(H,16,18). The van der Waals surface area contributed by atoms with Crippen LogP contribution in [-0.4, -0.2) is 17.2 Å². The fourth-order valence-electron chi connectivity index (χ4n) is 1.64. The van der Waals surface area contributed by atoms with Crippen LogP contribution in [0, 0.1) is 0 Å². The van der Waals surface area contributed by atoms with E-state index in [2.05, 4.69) is 5.32 Å². The molecule has 0 bridgehead atoms. The lowest BCUT2D eigenvalue weighted by atomic mass is 9.93. The third kappa shape index (κ3) is 3.17. The number of ketones is 1. The summed E-state index contributed by atoms with van der Waals surface area (Å²) in [6.45, 7) is 5.26. The van der Waals surface area contributed by atoms with Gasteiger partial charge in [0.05, 0.1) is 5.54 Å². The molecule has 1 aromatic rings. The lowest BCUT2D eigenvalue weighted by Gasteiger charge is -2.25. The molecule has 0 aliphatic rings. The Kier molecular flexibility index (Phi) is 4.62. The molecule has 0 unspecified atom stereocenters. The third-order valence-corrected chi connectivity index (χ3v) is 3.24. The smallest absolute Gasteiger partial charge is 0.244 e. The summed E-state index contributed by atoms with van der Waals surface area (Å²) in [6, 6.07) is 6.86. The SMILES string of the molecule is CCC(N)(CC)C(=O)Nc1cccc(C(C)=O)c1. The van der Waals surface area contributed by atoms with E-state index in [-0.39, 0.29) is 11.7 Å². The number of carbonyl (C=O) groups is 2. The Bertz CT molecular complexity index is 451. The summed E-state index contributed by atoms with van der Waals surface area (Å²) in [7, 11) is 0. The molecule has 18 heavy (non-hydrogen) atoms. The summed E-state index contributed by atoms with van der Waals surface area (Å²) in [5.41, 5.74) is 6.33. The molecule has 98 valence electrons. The van der Waals surface area contributed by atoms with E-state index in [1.807, 2.05) is 13.8 Å². The van der Waals surface area contributed by atoms with Crippen molar-refractivity contribution in [3.05, 3.63) is 29.8 Å². The Morgan fingerprint density at radius 1 is 1.28 bits per heavy atom. The first kappa shape index (κ1) is 14.4. The van der Waals surface area contributed by atoms with Gasteiger partial charge in [-0.05, 0) is 31.9 Å². The monoisotopic (exact) mass is 248 g/mol. The molecule has 4 heteroatoms. The fraction of sp³-hybridized carbons (Fsp3) is 0.429. The highest BCUT2D eigenvalue weighted by Crippen LogP contribution is 2.17. The lowest BCUT2D eigenvalue weighted by Crippen LogP contribution is -2.50. The molecule has 0 aliphatic heterocycles. The number of Topliss-reactive ketones (excluding diaryl/α,β-unsaturated/α-hetero) is 1. The maximum absolute atomic E-state index is 12.1. The molecule has 1 aromatic carbocycles. The van der Waals surface area contributed by atoms with Crippen molar-refractivity contribution < 1.29 is 9.59 Å². The largest absolute Gasteiger partial charge is 0.324 e. The molecule has 0 aliphatic carbocycles. The van der Waals surface area contributed by atoms with Crippen LogP contribution in [-0.2, 0) is 4.79 Å². The first-order valence-electron chi connectivity index (χ1n) is 6.14. The van der Waals surface area contributed by atoms with Crippen LogP contribution in [0.2, 0.25) is 0 Å². The number of rotatable bonds is 5. The number of nitrogens with one attached hydrogen (secondary N) is 1. The van der Waals surface area contributed by atoms with Crippen LogP contribution in [0.3, 0.4) is 0 Å². The van der Waals surface area contributed by atoms with Crippen LogP contribution in [0.1, 0.15) is 44.0 Å². The van der Waals surface area contributed by atoms with E-state index in [0.717, 1.165) is 0 Å². The molecule has 0 heterocycles. The second kappa shape index (κ2) is 5.78. The van der Waals surface area contributed by atoms with Crippen LogP contribution < -0.4 is 11.1 Å². The maximum Gasteiger partial charge on any atom is 0.244 e. The summed E-state index contributed by atoms with van der Waals surface area (Å²) in [5, 5.41) is 2.76. The molecule has 0 saturated heterocycles. The van der Waals surface area contributed by atoms with Crippen LogP contribution in [0.15, 0.2) is 24.3 Å². The van der Waals surface area contributed by atoms with Crippen LogP contribution in [0.5, 0.6) is 0 Å². The number of amides is 1. The van der Waals surface area contributed by atoms with E-state index in [1.165, 1.54) is 6.92 Å². The summed E-state index contributed by atoms with van der Waals surface area (Å²) in [6.07, 6.45) is 1.14. The van der Waals surface area contributed by atoms with Gasteiger partial charge in [-0.1, -0.05) is 26.0 Å². The number of hydrogen-bond donors (Lipinski definition) is 2. The van der Waals surface area contributed by atoms with Crippen LogP contribution in [0.4, 0.5) is 5.69 Å². The van der Waals surface area contributed by atoms with Crippen molar-refractivity contribution >= 4 is 17.4 Å². The first-order valence-corrected chi connectivity index (χ1v) is 6.14. The van der Waals surface area contributed by atoms with Crippen molar-refractivity contribution in [3.8, 4) is 0 Å². The average Bonchev–Trinajstić information content (AvgIpc) is 2.38. The predicted molar refractivity (Wildman–Crippen MR) is 72.6 cm³/mol. The van der Waals surface area contributed by atoms with Gasteiger partial charge in [-0.3, -0.25) is 9.59 Å². The molecular formula is C14H20N2O2. The maximum atomic E-state index is 12.1. The van der Waals surface area contributed by atoms with Gasteiger partial charge in [-0.25, -0.2) is 0 Å². The van der Waals surface area contributed by atoms with Gasteiger partial charge in [0.15, 0.2) is 5.78 Å². The molecule has 1 amide bonds. The van der Waals surface area contributed by atoms with E-state index >= 15 is 0 Å². The second-order valence-electron chi connectivity index (χ2n) is 4.45. The van der Waals surface area contributed by atoms with Gasteiger partial charge in [-0.15, -0.1) is 0 Å². The van der Waals surface area contributed by atoms with Gasteiger partial charge < -0.3 is 11.1 Å². The van der Waals surface area contributed by atoms with Gasteiger partial charge in [0.1, 0.15) is 0 Å². The zero-order valence-electron chi connectivity index (χ0n) is 11.1. The Hall–Kier alpha value is -1.68. The minimum absolute atomic E-state index is 0.0314. The molecule has 3 N–H and O–H groups in total. The molecule has 4 nitrogen and oxygen atoms in total. The van der Waals surface area contributed by atoms with Gasteiger partial charge >= 0.3 is 0 Å². The van der Waals surface area contributed by atoms with Crippen LogP contribution >= 0.6 is 0 Å². The number of benzene rings is 1. The lowest BCUT2D eigenvalue weighted by molar-refractivity contribution is -0.121. The molecule has 0 spiro atoms. The summed E-state index contributed by atoms with van der Waals surface area (Å²) < 4.78 is 0.